The number of aromatic nitrogens is 1. The third-order valence-corrected chi connectivity index (χ3v) is 7.38. The number of aryl methyl sites for hydroxylation is 2. The molecule has 0 unspecified atom stereocenters. The summed E-state index contributed by atoms with van der Waals surface area (Å²) >= 11 is 0. The number of nitrogens with one attached hydrogen (secondary N) is 1. The Balaban J connectivity index is 1.17. The van der Waals surface area contributed by atoms with Crippen molar-refractivity contribution in [2.24, 2.45) is 5.73 Å². The molecule has 4 N–H and O–H groups in total. The van der Waals surface area contributed by atoms with E-state index in [9.17, 15) is 9.90 Å². The Morgan fingerprint density at radius 2 is 1.79 bits per heavy atom. The summed E-state index contributed by atoms with van der Waals surface area (Å²) in [6, 6.07) is 20.3. The van der Waals surface area contributed by atoms with Gasteiger partial charge >= 0.3 is 0 Å². The van der Waals surface area contributed by atoms with Crippen LogP contribution in [0.4, 0.5) is 0 Å². The van der Waals surface area contributed by atoms with Crippen molar-refractivity contribution in [3.8, 4) is 5.69 Å². The Morgan fingerprint density at radius 3 is 2.51 bits per heavy atom. The molecule has 2 heterocycles. The molecule has 1 aromatic heterocycles. The average Bonchev–Trinajstić information content (AvgIpc) is 2.92. The highest BCUT2D eigenvalue weighted by molar-refractivity contribution is 5.62. The summed E-state index contributed by atoms with van der Waals surface area (Å²) in [5.41, 5.74) is 12.4. The van der Waals surface area contributed by atoms with Crippen LogP contribution in [0.15, 0.2) is 77.9 Å². The standard InChI is InChI=1S/C32H42N4O3/c1-23-7-16-31(37)36(21-23)28-14-10-25(11-15-28)6-4-5-17-34-20-30(33)27-12-8-26(9-13-27)22-35(3)29-18-24(2)39-32(38)19-29/h7-16,20-21,24,29,32,34,38H,4-6,17-19,22,33H2,1-3H3/b30-20-/t24-,29+,32-/m1/s1. The van der Waals surface area contributed by atoms with Crippen molar-refractivity contribution < 1.29 is 9.84 Å². The van der Waals surface area contributed by atoms with E-state index in [2.05, 4.69) is 53.7 Å². The van der Waals surface area contributed by atoms with Gasteiger partial charge in [0.1, 0.15) is 0 Å². The summed E-state index contributed by atoms with van der Waals surface area (Å²) in [6.45, 7) is 5.67. The summed E-state index contributed by atoms with van der Waals surface area (Å²) in [5.74, 6) is 0. The van der Waals surface area contributed by atoms with Crippen LogP contribution in [0, 0.1) is 6.92 Å². The van der Waals surface area contributed by atoms with E-state index in [0.717, 1.165) is 61.3 Å². The van der Waals surface area contributed by atoms with Gasteiger partial charge in [0, 0.05) is 49.7 Å². The number of ether oxygens (including phenoxy) is 1. The van der Waals surface area contributed by atoms with Crippen molar-refractivity contribution in [3.63, 3.8) is 0 Å². The van der Waals surface area contributed by atoms with Gasteiger partial charge in [-0.05, 0) is 81.0 Å². The molecule has 0 bridgehead atoms. The summed E-state index contributed by atoms with van der Waals surface area (Å²) in [6.07, 6.45) is 7.82. The van der Waals surface area contributed by atoms with Crippen LogP contribution in [0.2, 0.25) is 0 Å². The first-order valence-corrected chi connectivity index (χ1v) is 13.9. The molecule has 2 aromatic carbocycles. The molecule has 1 saturated heterocycles. The van der Waals surface area contributed by atoms with Crippen molar-refractivity contribution in [2.45, 2.75) is 70.9 Å². The number of pyridine rings is 1. The first-order valence-electron chi connectivity index (χ1n) is 13.9. The third kappa shape index (κ3) is 8.30. The molecule has 1 fully saturated rings. The molecule has 1 aliphatic rings. The van der Waals surface area contributed by atoms with Crippen LogP contribution in [-0.2, 0) is 17.7 Å². The quantitative estimate of drug-likeness (QED) is 0.320. The van der Waals surface area contributed by atoms with Gasteiger partial charge in [-0.2, -0.15) is 0 Å². The van der Waals surface area contributed by atoms with E-state index in [-0.39, 0.29) is 11.7 Å². The SMILES string of the molecule is Cc1ccc(=O)n(-c2ccc(CCCCN/C=C(\N)c3ccc(CN(C)[C@H]4C[C@@H](C)O[C@@H](O)C4)cc3)cc2)c1. The van der Waals surface area contributed by atoms with Crippen molar-refractivity contribution in [1.29, 1.82) is 0 Å². The lowest BCUT2D eigenvalue weighted by atomic mass is 10.0. The number of aliphatic hydroxyl groups excluding tert-OH is 1. The molecule has 0 radical (unpaired) electrons. The van der Waals surface area contributed by atoms with Crippen LogP contribution >= 0.6 is 0 Å². The van der Waals surface area contributed by atoms with E-state index in [1.54, 1.807) is 10.6 Å². The Hall–Kier alpha value is -3.39. The molecule has 39 heavy (non-hydrogen) atoms. The third-order valence-electron chi connectivity index (χ3n) is 7.38. The average molecular weight is 531 g/mol. The van der Waals surface area contributed by atoms with E-state index in [1.807, 2.05) is 44.4 Å². The van der Waals surface area contributed by atoms with Crippen molar-refractivity contribution in [1.82, 2.24) is 14.8 Å². The van der Waals surface area contributed by atoms with Crippen LogP contribution in [0.3, 0.4) is 0 Å². The summed E-state index contributed by atoms with van der Waals surface area (Å²) in [4.78, 5) is 14.4. The predicted molar refractivity (Wildman–Crippen MR) is 157 cm³/mol. The highest BCUT2D eigenvalue weighted by Gasteiger charge is 2.28. The molecule has 0 saturated carbocycles. The van der Waals surface area contributed by atoms with Gasteiger partial charge in [-0.15, -0.1) is 0 Å². The number of hydrogen-bond acceptors (Lipinski definition) is 6. The molecule has 0 aliphatic carbocycles. The maximum atomic E-state index is 12.1. The molecule has 208 valence electrons. The molecular weight excluding hydrogens is 488 g/mol. The first-order chi connectivity index (χ1) is 18.8. The number of unbranched alkanes of at least 4 members (excludes halogenated alkanes) is 1. The molecular formula is C32H42N4O3. The minimum Gasteiger partial charge on any atom is -0.397 e. The molecule has 3 aromatic rings. The predicted octanol–water partition coefficient (Wildman–Crippen LogP) is 4.33. The molecule has 0 amide bonds. The van der Waals surface area contributed by atoms with Gasteiger partial charge in [0.2, 0.25) is 0 Å². The van der Waals surface area contributed by atoms with Gasteiger partial charge in [0.15, 0.2) is 6.29 Å². The lowest BCUT2D eigenvalue weighted by Gasteiger charge is -2.36. The van der Waals surface area contributed by atoms with Gasteiger partial charge in [-0.3, -0.25) is 14.3 Å². The second-order valence-corrected chi connectivity index (χ2v) is 10.7. The maximum Gasteiger partial charge on any atom is 0.255 e. The van der Waals surface area contributed by atoms with Crippen LogP contribution < -0.4 is 16.6 Å². The van der Waals surface area contributed by atoms with Gasteiger partial charge < -0.3 is 20.9 Å². The first kappa shape index (κ1) is 28.6. The second-order valence-electron chi connectivity index (χ2n) is 10.7. The molecule has 3 atom stereocenters. The molecule has 1 aliphatic heterocycles. The van der Waals surface area contributed by atoms with E-state index in [1.165, 1.54) is 11.1 Å². The van der Waals surface area contributed by atoms with Crippen LogP contribution in [0.25, 0.3) is 11.4 Å². The largest absolute Gasteiger partial charge is 0.397 e. The molecule has 7 nitrogen and oxygen atoms in total. The zero-order chi connectivity index (χ0) is 27.8. The van der Waals surface area contributed by atoms with Gasteiger partial charge in [0.05, 0.1) is 11.8 Å². The van der Waals surface area contributed by atoms with Gasteiger partial charge in [-0.1, -0.05) is 42.5 Å². The number of benzene rings is 2. The fraction of sp³-hybridized carbons (Fsp3) is 0.406. The fourth-order valence-electron chi connectivity index (χ4n) is 5.11. The Kier molecular flexibility index (Phi) is 9.98. The van der Waals surface area contributed by atoms with Crippen molar-refractivity contribution in [2.75, 3.05) is 13.6 Å². The van der Waals surface area contributed by atoms with Gasteiger partial charge in [0.25, 0.3) is 5.56 Å². The van der Waals surface area contributed by atoms with E-state index in [0.29, 0.717) is 12.5 Å². The lowest BCUT2D eigenvalue weighted by molar-refractivity contribution is -0.174. The molecule has 4 rings (SSSR count). The van der Waals surface area contributed by atoms with Crippen molar-refractivity contribution >= 4 is 5.70 Å². The van der Waals surface area contributed by atoms with Crippen LogP contribution in [-0.4, -0.2) is 46.6 Å². The Morgan fingerprint density at radius 1 is 1.08 bits per heavy atom. The number of nitrogens with zero attached hydrogens (tertiary/aromatic N) is 2. The lowest BCUT2D eigenvalue weighted by Crippen LogP contribution is -2.42. The zero-order valence-electron chi connectivity index (χ0n) is 23.3. The topological polar surface area (TPSA) is 92.8 Å². The number of aliphatic hydroxyl groups is 1. The maximum absolute atomic E-state index is 12.1. The summed E-state index contributed by atoms with van der Waals surface area (Å²) in [7, 11) is 2.10. The van der Waals surface area contributed by atoms with Crippen LogP contribution in [0.1, 0.15) is 54.9 Å². The number of hydrogen-bond donors (Lipinski definition) is 3. The van der Waals surface area contributed by atoms with E-state index in [4.69, 9.17) is 10.5 Å². The number of nitrogens with two attached hydrogens (primary N) is 1. The summed E-state index contributed by atoms with van der Waals surface area (Å²) in [5, 5.41) is 13.2. The molecule has 7 heteroatoms. The minimum atomic E-state index is -0.676. The zero-order valence-corrected chi connectivity index (χ0v) is 23.3. The number of rotatable bonds is 11. The Labute approximate surface area is 231 Å². The van der Waals surface area contributed by atoms with E-state index < -0.39 is 6.29 Å². The smallest absolute Gasteiger partial charge is 0.255 e. The normalized spacial score (nSPS) is 19.8. The Bertz CT molecular complexity index is 1270. The van der Waals surface area contributed by atoms with Gasteiger partial charge in [-0.25, -0.2) is 0 Å². The highest BCUT2D eigenvalue weighted by atomic mass is 16.6. The summed E-state index contributed by atoms with van der Waals surface area (Å²) < 4.78 is 7.14. The van der Waals surface area contributed by atoms with E-state index >= 15 is 0 Å². The fourth-order valence-corrected chi connectivity index (χ4v) is 5.11. The second kappa shape index (κ2) is 13.6. The van der Waals surface area contributed by atoms with Crippen molar-refractivity contribution in [3.05, 3.63) is 106 Å². The highest BCUT2D eigenvalue weighted by Crippen LogP contribution is 2.23. The monoisotopic (exact) mass is 530 g/mol. The van der Waals surface area contributed by atoms with Crippen LogP contribution in [0.5, 0.6) is 0 Å². The minimum absolute atomic E-state index is 0.0166. The molecule has 0 spiro atoms.